The molecule has 3 atom stereocenters. The second-order valence-corrected chi connectivity index (χ2v) is 6.25. The van der Waals surface area contributed by atoms with Gasteiger partial charge in [-0.1, -0.05) is 27.7 Å². The largest absolute Gasteiger partial charge is 0.368 e. The molecule has 4 nitrogen and oxygen atoms in total. The van der Waals surface area contributed by atoms with Gasteiger partial charge in [0, 0.05) is 5.92 Å². The Hall–Kier alpha value is -1.06. The van der Waals surface area contributed by atoms with Crippen molar-refractivity contribution >= 4 is 11.8 Å². The molecule has 2 unspecified atom stereocenters. The molecule has 1 saturated carbocycles. The monoisotopic (exact) mass is 254 g/mol. The summed E-state index contributed by atoms with van der Waals surface area (Å²) in [5.74, 6) is 0.765. The van der Waals surface area contributed by atoms with Gasteiger partial charge in [0.25, 0.3) is 0 Å². The molecule has 3 N–H and O–H groups in total. The van der Waals surface area contributed by atoms with Gasteiger partial charge in [0.1, 0.15) is 6.04 Å². The maximum Gasteiger partial charge on any atom is 0.240 e. The zero-order valence-electron chi connectivity index (χ0n) is 11.9. The van der Waals surface area contributed by atoms with Gasteiger partial charge in [0.15, 0.2) is 0 Å². The fourth-order valence-electron chi connectivity index (χ4n) is 3.00. The van der Waals surface area contributed by atoms with Crippen molar-refractivity contribution in [1.29, 1.82) is 0 Å². The number of nitrogens with one attached hydrogen (secondary N) is 1. The summed E-state index contributed by atoms with van der Waals surface area (Å²) in [5, 5.41) is 2.81. The smallest absolute Gasteiger partial charge is 0.240 e. The minimum absolute atomic E-state index is 0.00843. The molecule has 0 saturated heterocycles. The van der Waals surface area contributed by atoms with E-state index < -0.39 is 11.9 Å². The van der Waals surface area contributed by atoms with Gasteiger partial charge >= 0.3 is 0 Å². The predicted octanol–water partition coefficient (Wildman–Crippen LogP) is 1.68. The number of primary amides is 1. The number of hydrogen-bond donors (Lipinski definition) is 2. The Balaban J connectivity index is 2.61. The summed E-state index contributed by atoms with van der Waals surface area (Å²) in [7, 11) is 0. The molecule has 0 aromatic rings. The Morgan fingerprint density at radius 3 is 2.00 bits per heavy atom. The van der Waals surface area contributed by atoms with E-state index in [2.05, 4.69) is 19.2 Å². The van der Waals surface area contributed by atoms with Gasteiger partial charge in [-0.15, -0.1) is 0 Å². The molecule has 2 amide bonds. The number of amides is 2. The molecular weight excluding hydrogens is 228 g/mol. The number of carbonyl (C=O) groups is 2. The second kappa shape index (κ2) is 6.21. The van der Waals surface area contributed by atoms with Crippen LogP contribution in [-0.4, -0.2) is 17.9 Å². The quantitative estimate of drug-likeness (QED) is 0.801. The molecule has 18 heavy (non-hydrogen) atoms. The van der Waals surface area contributed by atoms with Crippen molar-refractivity contribution in [2.75, 3.05) is 0 Å². The SMILES string of the molecule is CC1CC(C)CC(C(=O)N[C@H](C(N)=O)C(C)C)C1. The molecule has 0 aliphatic heterocycles. The average Bonchev–Trinajstić information content (AvgIpc) is 2.23. The van der Waals surface area contributed by atoms with Crippen LogP contribution < -0.4 is 11.1 Å². The van der Waals surface area contributed by atoms with Gasteiger partial charge in [-0.2, -0.15) is 0 Å². The molecule has 0 spiro atoms. The van der Waals surface area contributed by atoms with Crippen LogP contribution in [0.15, 0.2) is 0 Å². The molecule has 1 fully saturated rings. The van der Waals surface area contributed by atoms with Crippen molar-refractivity contribution in [3.05, 3.63) is 0 Å². The first-order valence-corrected chi connectivity index (χ1v) is 6.91. The third kappa shape index (κ3) is 4.00. The van der Waals surface area contributed by atoms with Gasteiger partial charge in [-0.3, -0.25) is 9.59 Å². The molecule has 1 aliphatic rings. The minimum Gasteiger partial charge on any atom is -0.368 e. The summed E-state index contributed by atoms with van der Waals surface area (Å²) in [5.41, 5.74) is 5.32. The highest BCUT2D eigenvalue weighted by Gasteiger charge is 2.31. The Morgan fingerprint density at radius 1 is 1.11 bits per heavy atom. The summed E-state index contributed by atoms with van der Waals surface area (Å²) in [6.45, 7) is 8.15. The van der Waals surface area contributed by atoms with Crippen molar-refractivity contribution in [1.82, 2.24) is 5.32 Å². The normalized spacial score (nSPS) is 29.9. The Labute approximate surface area is 110 Å². The molecule has 1 aliphatic carbocycles. The van der Waals surface area contributed by atoms with E-state index in [1.165, 1.54) is 6.42 Å². The van der Waals surface area contributed by atoms with E-state index >= 15 is 0 Å². The van der Waals surface area contributed by atoms with Crippen LogP contribution in [0.5, 0.6) is 0 Å². The van der Waals surface area contributed by atoms with E-state index in [9.17, 15) is 9.59 Å². The lowest BCUT2D eigenvalue weighted by Crippen LogP contribution is -2.50. The van der Waals surface area contributed by atoms with E-state index in [0.717, 1.165) is 12.8 Å². The Kier molecular flexibility index (Phi) is 5.17. The molecule has 4 heteroatoms. The average molecular weight is 254 g/mol. The Morgan fingerprint density at radius 2 is 1.61 bits per heavy atom. The summed E-state index contributed by atoms with van der Waals surface area (Å²) >= 11 is 0. The zero-order valence-corrected chi connectivity index (χ0v) is 11.9. The zero-order chi connectivity index (χ0) is 13.9. The molecular formula is C14H26N2O2. The van der Waals surface area contributed by atoms with Crippen LogP contribution in [0.2, 0.25) is 0 Å². The number of nitrogens with two attached hydrogens (primary N) is 1. The highest BCUT2D eigenvalue weighted by Crippen LogP contribution is 2.33. The van der Waals surface area contributed by atoms with Crippen LogP contribution in [0.25, 0.3) is 0 Å². The van der Waals surface area contributed by atoms with Crippen molar-refractivity contribution in [3.63, 3.8) is 0 Å². The van der Waals surface area contributed by atoms with Crippen molar-refractivity contribution in [3.8, 4) is 0 Å². The van der Waals surface area contributed by atoms with E-state index in [4.69, 9.17) is 5.73 Å². The standard InChI is InChI=1S/C14H26N2O2/c1-8(2)12(13(15)17)16-14(18)11-6-9(3)5-10(4)7-11/h8-12H,5-7H2,1-4H3,(H2,15,17)(H,16,18)/t9?,10?,11?,12-/m0/s1. The van der Waals surface area contributed by atoms with Crippen LogP contribution >= 0.6 is 0 Å². The third-order valence-corrected chi connectivity index (χ3v) is 3.82. The molecule has 1 rings (SSSR count). The minimum atomic E-state index is -0.551. The fraction of sp³-hybridized carbons (Fsp3) is 0.857. The van der Waals surface area contributed by atoms with E-state index in [1.807, 2.05) is 13.8 Å². The molecule has 0 aromatic heterocycles. The lowest BCUT2D eigenvalue weighted by Gasteiger charge is -2.31. The fourth-order valence-corrected chi connectivity index (χ4v) is 3.00. The predicted molar refractivity (Wildman–Crippen MR) is 71.6 cm³/mol. The summed E-state index contributed by atoms with van der Waals surface area (Å²) in [6, 6.07) is -0.551. The van der Waals surface area contributed by atoms with Crippen LogP contribution in [0.3, 0.4) is 0 Å². The molecule has 0 bridgehead atoms. The first-order valence-electron chi connectivity index (χ1n) is 6.91. The summed E-state index contributed by atoms with van der Waals surface area (Å²) in [4.78, 5) is 23.5. The van der Waals surface area contributed by atoms with Crippen molar-refractivity contribution in [2.45, 2.75) is 53.0 Å². The van der Waals surface area contributed by atoms with Crippen LogP contribution in [0.4, 0.5) is 0 Å². The maximum absolute atomic E-state index is 12.2. The highest BCUT2D eigenvalue weighted by molar-refractivity contribution is 5.87. The van der Waals surface area contributed by atoms with Crippen molar-refractivity contribution < 1.29 is 9.59 Å². The molecule has 104 valence electrons. The third-order valence-electron chi connectivity index (χ3n) is 3.82. The van der Waals surface area contributed by atoms with Crippen molar-refractivity contribution in [2.24, 2.45) is 29.4 Å². The van der Waals surface area contributed by atoms with Crippen LogP contribution in [-0.2, 0) is 9.59 Å². The maximum atomic E-state index is 12.2. The van der Waals surface area contributed by atoms with Crippen LogP contribution in [0, 0.1) is 23.7 Å². The summed E-state index contributed by atoms with van der Waals surface area (Å²) < 4.78 is 0. The van der Waals surface area contributed by atoms with E-state index in [-0.39, 0.29) is 17.7 Å². The van der Waals surface area contributed by atoms with Gasteiger partial charge in [-0.25, -0.2) is 0 Å². The van der Waals surface area contributed by atoms with E-state index in [0.29, 0.717) is 11.8 Å². The van der Waals surface area contributed by atoms with Gasteiger partial charge < -0.3 is 11.1 Å². The van der Waals surface area contributed by atoms with Crippen LogP contribution in [0.1, 0.15) is 47.0 Å². The van der Waals surface area contributed by atoms with Gasteiger partial charge in [-0.05, 0) is 37.0 Å². The first-order chi connectivity index (χ1) is 8.31. The van der Waals surface area contributed by atoms with Gasteiger partial charge in [0.05, 0.1) is 0 Å². The van der Waals surface area contributed by atoms with Gasteiger partial charge in [0.2, 0.25) is 11.8 Å². The lowest BCUT2D eigenvalue weighted by atomic mass is 9.76. The second-order valence-electron chi connectivity index (χ2n) is 6.25. The Bertz CT molecular complexity index is 305. The topological polar surface area (TPSA) is 72.2 Å². The lowest BCUT2D eigenvalue weighted by molar-refractivity contribution is -0.132. The molecule has 0 aromatic carbocycles. The number of hydrogen-bond acceptors (Lipinski definition) is 2. The first kappa shape index (κ1) is 15.0. The molecule has 0 radical (unpaired) electrons. The highest BCUT2D eigenvalue weighted by atomic mass is 16.2. The van der Waals surface area contributed by atoms with E-state index in [1.54, 1.807) is 0 Å². The summed E-state index contributed by atoms with van der Waals surface area (Å²) in [6.07, 6.45) is 3.02. The number of rotatable bonds is 4. The number of carbonyl (C=O) groups excluding carboxylic acids is 2. The molecule has 0 heterocycles.